The Morgan fingerprint density at radius 1 is 1.25 bits per heavy atom. The van der Waals surface area contributed by atoms with Crippen LogP contribution in [-0.4, -0.2) is 64.0 Å². The van der Waals surface area contributed by atoms with E-state index in [1.807, 2.05) is 47.9 Å². The van der Waals surface area contributed by atoms with Crippen LogP contribution in [-0.2, 0) is 14.6 Å². The Balaban J connectivity index is 1.55. The molecule has 1 aliphatic heterocycles. The minimum atomic E-state index is -3.05. The quantitative estimate of drug-likeness (QED) is 0.495. The first kappa shape index (κ1) is 22.3. The van der Waals surface area contributed by atoms with Gasteiger partial charge in [0.25, 0.3) is 0 Å². The standard InChI is InChI=1S/C21H23N5O4S2/c1-2-30-18-7-5-17(6-8-18)26-20(15-4-3-10-22-12-15)24-25-21(26)31-13-19(27)23-16-9-11-32(28,29)14-16/h3-8,10,12,16H,2,9,11,13-14H2,1H3,(H,23,27)/t16-/m0/s1. The number of hydrogen-bond acceptors (Lipinski definition) is 8. The highest BCUT2D eigenvalue weighted by Crippen LogP contribution is 2.28. The number of thioether (sulfide) groups is 1. The third-order valence-corrected chi connectivity index (χ3v) is 7.59. The molecule has 1 aromatic carbocycles. The molecular weight excluding hydrogens is 450 g/mol. The fourth-order valence-electron chi connectivity index (χ4n) is 3.44. The van der Waals surface area contributed by atoms with Crippen molar-refractivity contribution in [2.45, 2.75) is 24.5 Å². The Morgan fingerprint density at radius 3 is 2.72 bits per heavy atom. The molecule has 32 heavy (non-hydrogen) atoms. The van der Waals surface area contributed by atoms with E-state index >= 15 is 0 Å². The van der Waals surface area contributed by atoms with Gasteiger partial charge in [-0.1, -0.05) is 11.8 Å². The third kappa shape index (κ3) is 5.28. The number of carbonyl (C=O) groups excluding carboxylic acids is 1. The van der Waals surface area contributed by atoms with Crippen molar-refractivity contribution in [3.63, 3.8) is 0 Å². The third-order valence-electron chi connectivity index (χ3n) is 4.89. The van der Waals surface area contributed by atoms with Crippen LogP contribution in [0, 0.1) is 0 Å². The molecule has 0 saturated carbocycles. The minimum absolute atomic E-state index is 0.00305. The second kappa shape index (κ2) is 9.70. The summed E-state index contributed by atoms with van der Waals surface area (Å²) in [5.41, 5.74) is 1.61. The fourth-order valence-corrected chi connectivity index (χ4v) is 5.88. The van der Waals surface area contributed by atoms with Crippen molar-refractivity contribution in [1.82, 2.24) is 25.1 Å². The molecule has 4 rings (SSSR count). The van der Waals surface area contributed by atoms with Crippen LogP contribution < -0.4 is 10.1 Å². The highest BCUT2D eigenvalue weighted by molar-refractivity contribution is 7.99. The molecule has 1 aliphatic rings. The maximum absolute atomic E-state index is 12.4. The summed E-state index contributed by atoms with van der Waals surface area (Å²) in [5, 5.41) is 12.0. The lowest BCUT2D eigenvalue weighted by molar-refractivity contribution is -0.119. The topological polar surface area (TPSA) is 116 Å². The molecule has 1 saturated heterocycles. The van der Waals surface area contributed by atoms with Gasteiger partial charge in [0, 0.05) is 29.7 Å². The first-order chi connectivity index (χ1) is 15.4. The van der Waals surface area contributed by atoms with Gasteiger partial charge in [0.2, 0.25) is 5.91 Å². The summed E-state index contributed by atoms with van der Waals surface area (Å²) in [6.45, 7) is 2.50. The number of hydrogen-bond donors (Lipinski definition) is 1. The second-order valence-electron chi connectivity index (χ2n) is 7.27. The van der Waals surface area contributed by atoms with Crippen molar-refractivity contribution in [3.8, 4) is 22.8 Å². The zero-order valence-corrected chi connectivity index (χ0v) is 19.1. The summed E-state index contributed by atoms with van der Waals surface area (Å²) in [6.07, 6.45) is 3.84. The first-order valence-electron chi connectivity index (χ1n) is 10.2. The second-order valence-corrected chi connectivity index (χ2v) is 10.4. The van der Waals surface area contributed by atoms with Crippen LogP contribution in [0.25, 0.3) is 17.1 Å². The van der Waals surface area contributed by atoms with E-state index in [1.165, 1.54) is 11.8 Å². The van der Waals surface area contributed by atoms with Gasteiger partial charge in [0.15, 0.2) is 20.8 Å². The lowest BCUT2D eigenvalue weighted by Gasteiger charge is -2.12. The van der Waals surface area contributed by atoms with Crippen molar-refractivity contribution in [2.75, 3.05) is 23.9 Å². The van der Waals surface area contributed by atoms with Gasteiger partial charge in [-0.25, -0.2) is 8.42 Å². The van der Waals surface area contributed by atoms with Crippen molar-refractivity contribution >= 4 is 27.5 Å². The first-order valence-corrected chi connectivity index (χ1v) is 13.0. The highest BCUT2D eigenvalue weighted by atomic mass is 32.2. The maximum Gasteiger partial charge on any atom is 0.230 e. The number of carbonyl (C=O) groups is 1. The molecule has 2 aromatic heterocycles. The number of nitrogens with one attached hydrogen (secondary N) is 1. The molecule has 3 heterocycles. The number of amides is 1. The number of nitrogens with zero attached hydrogens (tertiary/aromatic N) is 4. The maximum atomic E-state index is 12.4. The van der Waals surface area contributed by atoms with E-state index in [-0.39, 0.29) is 29.2 Å². The van der Waals surface area contributed by atoms with Crippen LogP contribution in [0.5, 0.6) is 5.75 Å². The van der Waals surface area contributed by atoms with Crippen LogP contribution >= 0.6 is 11.8 Å². The SMILES string of the molecule is CCOc1ccc(-n2c(SCC(=O)N[C@H]3CCS(=O)(=O)C3)nnc2-c2cccnc2)cc1. The van der Waals surface area contributed by atoms with Crippen LogP contribution in [0.3, 0.4) is 0 Å². The average molecular weight is 474 g/mol. The Morgan fingerprint density at radius 2 is 2.06 bits per heavy atom. The Hall–Kier alpha value is -2.92. The molecule has 3 aromatic rings. The smallest absolute Gasteiger partial charge is 0.230 e. The monoisotopic (exact) mass is 473 g/mol. The average Bonchev–Trinajstić information content (AvgIpc) is 3.36. The minimum Gasteiger partial charge on any atom is -0.494 e. The summed E-state index contributed by atoms with van der Waals surface area (Å²) < 4.78 is 30.6. The van der Waals surface area contributed by atoms with Crippen molar-refractivity contribution in [1.29, 1.82) is 0 Å². The predicted molar refractivity (Wildman–Crippen MR) is 122 cm³/mol. The van der Waals surface area contributed by atoms with Gasteiger partial charge in [-0.05, 0) is 49.7 Å². The van der Waals surface area contributed by atoms with E-state index in [2.05, 4.69) is 20.5 Å². The van der Waals surface area contributed by atoms with E-state index in [4.69, 9.17) is 4.74 Å². The zero-order valence-electron chi connectivity index (χ0n) is 17.5. The summed E-state index contributed by atoms with van der Waals surface area (Å²) in [7, 11) is -3.05. The van der Waals surface area contributed by atoms with Gasteiger partial charge in [0.05, 0.1) is 23.9 Å². The molecule has 0 spiro atoms. The normalized spacial score (nSPS) is 17.2. The number of aromatic nitrogens is 4. The van der Waals surface area contributed by atoms with Crippen LogP contribution in [0.15, 0.2) is 53.9 Å². The van der Waals surface area contributed by atoms with Gasteiger partial charge >= 0.3 is 0 Å². The van der Waals surface area contributed by atoms with Crippen LogP contribution in [0.4, 0.5) is 0 Å². The van der Waals surface area contributed by atoms with Crippen molar-refractivity contribution in [2.24, 2.45) is 0 Å². The number of pyridine rings is 1. The molecule has 1 fully saturated rings. The van der Waals surface area contributed by atoms with Crippen LogP contribution in [0.2, 0.25) is 0 Å². The van der Waals surface area contributed by atoms with Crippen molar-refractivity contribution in [3.05, 3.63) is 48.8 Å². The van der Waals surface area contributed by atoms with Gasteiger partial charge in [-0.15, -0.1) is 10.2 Å². The highest BCUT2D eigenvalue weighted by Gasteiger charge is 2.29. The molecule has 1 atom stereocenters. The summed E-state index contributed by atoms with van der Waals surface area (Å²) in [4.78, 5) is 16.6. The largest absolute Gasteiger partial charge is 0.494 e. The van der Waals surface area contributed by atoms with Crippen molar-refractivity contribution < 1.29 is 17.9 Å². The van der Waals surface area contributed by atoms with E-state index in [9.17, 15) is 13.2 Å². The molecule has 0 aliphatic carbocycles. The molecular formula is C21H23N5O4S2. The fraction of sp³-hybridized carbons (Fsp3) is 0.333. The van der Waals surface area contributed by atoms with E-state index in [1.54, 1.807) is 12.4 Å². The van der Waals surface area contributed by atoms with Gasteiger partial charge in [-0.2, -0.15) is 0 Å². The van der Waals surface area contributed by atoms with Gasteiger partial charge in [-0.3, -0.25) is 14.3 Å². The van der Waals surface area contributed by atoms with Gasteiger partial charge < -0.3 is 10.1 Å². The van der Waals surface area contributed by atoms with Gasteiger partial charge in [0.1, 0.15) is 5.75 Å². The molecule has 11 heteroatoms. The number of benzene rings is 1. The van der Waals surface area contributed by atoms with E-state index in [0.717, 1.165) is 17.0 Å². The van der Waals surface area contributed by atoms with E-state index < -0.39 is 9.84 Å². The molecule has 168 valence electrons. The summed E-state index contributed by atoms with van der Waals surface area (Å²) in [6, 6.07) is 10.9. The number of ether oxygens (including phenoxy) is 1. The Labute approximate surface area is 190 Å². The van der Waals surface area contributed by atoms with Crippen LogP contribution in [0.1, 0.15) is 13.3 Å². The Bertz CT molecular complexity index is 1180. The predicted octanol–water partition coefficient (Wildman–Crippen LogP) is 2.12. The lowest BCUT2D eigenvalue weighted by atomic mass is 10.2. The lowest BCUT2D eigenvalue weighted by Crippen LogP contribution is -2.36. The Kier molecular flexibility index (Phi) is 6.75. The number of rotatable bonds is 8. The number of sulfone groups is 1. The molecule has 9 nitrogen and oxygen atoms in total. The van der Waals surface area contributed by atoms with E-state index in [0.29, 0.717) is 24.0 Å². The molecule has 0 unspecified atom stereocenters. The molecule has 1 N–H and O–H groups in total. The molecule has 0 radical (unpaired) electrons. The molecule has 0 bridgehead atoms. The zero-order chi connectivity index (χ0) is 22.6. The summed E-state index contributed by atoms with van der Waals surface area (Å²) in [5.74, 6) is 1.34. The summed E-state index contributed by atoms with van der Waals surface area (Å²) >= 11 is 1.24. The molecule has 1 amide bonds.